The van der Waals surface area contributed by atoms with Crippen LogP contribution in [0.25, 0.3) is 0 Å². The van der Waals surface area contributed by atoms with Crippen molar-refractivity contribution in [2.45, 2.75) is 59.8 Å². The zero-order valence-electron chi connectivity index (χ0n) is 14.7. The lowest BCUT2D eigenvalue weighted by molar-refractivity contribution is -0.124. The monoisotopic (exact) mass is 349 g/mol. The third kappa shape index (κ3) is 13.4. The number of hydrogen-bond donors (Lipinski definition) is 3. The summed E-state index contributed by atoms with van der Waals surface area (Å²) in [4.78, 5) is 41.9. The SMILES string of the molecule is CC(C)CCCNC(=O)CCC(CC(=O)C(C)C)CP(=O)(O)O. The van der Waals surface area contributed by atoms with Gasteiger partial charge in [-0.2, -0.15) is 0 Å². The van der Waals surface area contributed by atoms with E-state index in [0.29, 0.717) is 18.9 Å². The third-order valence-electron chi connectivity index (χ3n) is 3.69. The van der Waals surface area contributed by atoms with Crippen LogP contribution < -0.4 is 5.32 Å². The summed E-state index contributed by atoms with van der Waals surface area (Å²) in [6, 6.07) is 0. The van der Waals surface area contributed by atoms with Crippen LogP contribution in [0.1, 0.15) is 59.8 Å². The highest BCUT2D eigenvalue weighted by atomic mass is 31.2. The van der Waals surface area contributed by atoms with Gasteiger partial charge in [0.25, 0.3) is 0 Å². The lowest BCUT2D eigenvalue weighted by Gasteiger charge is -2.18. The standard InChI is InChI=1S/C16H32NO5P/c1-12(2)6-5-9-17-16(19)8-7-14(11-23(20,21)22)10-15(18)13(3)4/h12-14H,5-11H2,1-4H3,(H,17,19)(H2,20,21,22). The number of amides is 1. The summed E-state index contributed by atoms with van der Waals surface area (Å²) in [7, 11) is -4.19. The number of carbonyl (C=O) groups excluding carboxylic acids is 2. The summed E-state index contributed by atoms with van der Waals surface area (Å²) >= 11 is 0. The van der Waals surface area contributed by atoms with E-state index in [1.807, 2.05) is 0 Å². The topological polar surface area (TPSA) is 104 Å². The minimum atomic E-state index is -4.19. The molecule has 0 radical (unpaired) electrons. The smallest absolute Gasteiger partial charge is 0.325 e. The molecule has 6 nitrogen and oxygen atoms in total. The van der Waals surface area contributed by atoms with Crippen LogP contribution in [-0.2, 0) is 14.2 Å². The van der Waals surface area contributed by atoms with Crippen LogP contribution >= 0.6 is 7.60 Å². The molecular formula is C16H32NO5P. The number of hydrogen-bond acceptors (Lipinski definition) is 3. The fraction of sp³-hybridized carbons (Fsp3) is 0.875. The Kier molecular flexibility index (Phi) is 10.6. The van der Waals surface area contributed by atoms with E-state index >= 15 is 0 Å². The van der Waals surface area contributed by atoms with E-state index in [4.69, 9.17) is 9.79 Å². The Morgan fingerprint density at radius 1 is 1.09 bits per heavy atom. The summed E-state index contributed by atoms with van der Waals surface area (Å²) < 4.78 is 11.2. The van der Waals surface area contributed by atoms with Crippen molar-refractivity contribution in [2.75, 3.05) is 12.7 Å². The highest BCUT2D eigenvalue weighted by molar-refractivity contribution is 7.51. The maximum Gasteiger partial charge on any atom is 0.325 e. The van der Waals surface area contributed by atoms with E-state index in [1.54, 1.807) is 13.8 Å². The first kappa shape index (κ1) is 22.3. The lowest BCUT2D eigenvalue weighted by atomic mass is 9.94. The Morgan fingerprint density at radius 2 is 1.70 bits per heavy atom. The van der Waals surface area contributed by atoms with E-state index in [1.165, 1.54) is 0 Å². The molecule has 0 aliphatic carbocycles. The van der Waals surface area contributed by atoms with Gasteiger partial charge < -0.3 is 15.1 Å². The minimum absolute atomic E-state index is 0.0270. The van der Waals surface area contributed by atoms with Crippen LogP contribution in [0, 0.1) is 17.8 Å². The zero-order chi connectivity index (χ0) is 18.0. The van der Waals surface area contributed by atoms with Crippen LogP contribution in [0.15, 0.2) is 0 Å². The second-order valence-electron chi connectivity index (χ2n) is 6.96. The molecule has 23 heavy (non-hydrogen) atoms. The van der Waals surface area contributed by atoms with Crippen molar-refractivity contribution in [3.05, 3.63) is 0 Å². The molecule has 0 saturated heterocycles. The Bertz CT molecular complexity index is 417. The van der Waals surface area contributed by atoms with Crippen LogP contribution in [0.5, 0.6) is 0 Å². The van der Waals surface area contributed by atoms with Gasteiger partial charge in [-0.1, -0.05) is 27.7 Å². The lowest BCUT2D eigenvalue weighted by Crippen LogP contribution is -2.26. The van der Waals surface area contributed by atoms with E-state index in [2.05, 4.69) is 19.2 Å². The molecule has 1 atom stereocenters. The van der Waals surface area contributed by atoms with E-state index in [9.17, 15) is 14.2 Å². The average Bonchev–Trinajstić information content (AvgIpc) is 2.38. The highest BCUT2D eigenvalue weighted by Gasteiger charge is 2.25. The fourth-order valence-corrected chi connectivity index (χ4v) is 3.26. The molecule has 0 aliphatic heterocycles. The van der Waals surface area contributed by atoms with Gasteiger partial charge in [0.2, 0.25) is 5.91 Å². The molecule has 0 fully saturated rings. The first-order chi connectivity index (χ1) is 10.5. The summed E-state index contributed by atoms with van der Waals surface area (Å²) in [5.41, 5.74) is 0. The van der Waals surface area contributed by atoms with Gasteiger partial charge in [-0.3, -0.25) is 14.2 Å². The molecule has 0 saturated carbocycles. The Morgan fingerprint density at radius 3 is 2.17 bits per heavy atom. The highest BCUT2D eigenvalue weighted by Crippen LogP contribution is 2.39. The molecule has 0 aromatic rings. The van der Waals surface area contributed by atoms with Gasteiger partial charge in [0.15, 0.2) is 0 Å². The predicted octanol–water partition coefficient (Wildman–Crippen LogP) is 2.73. The van der Waals surface area contributed by atoms with Crippen molar-refractivity contribution >= 4 is 19.3 Å². The molecular weight excluding hydrogens is 317 g/mol. The molecule has 136 valence electrons. The fourth-order valence-electron chi connectivity index (χ4n) is 2.28. The van der Waals surface area contributed by atoms with Crippen LogP contribution in [-0.4, -0.2) is 34.2 Å². The maximum absolute atomic E-state index is 11.8. The molecule has 1 amide bonds. The molecule has 7 heteroatoms. The van der Waals surface area contributed by atoms with Crippen molar-refractivity contribution < 1.29 is 23.9 Å². The van der Waals surface area contributed by atoms with Crippen molar-refractivity contribution in [1.29, 1.82) is 0 Å². The summed E-state index contributed by atoms with van der Waals surface area (Å²) in [6.45, 7) is 8.39. The molecule has 0 bridgehead atoms. The first-order valence-corrected chi connectivity index (χ1v) is 10.1. The molecule has 0 aliphatic rings. The summed E-state index contributed by atoms with van der Waals surface area (Å²) in [6.07, 6.45) is 2.25. The first-order valence-electron chi connectivity index (χ1n) is 8.35. The van der Waals surface area contributed by atoms with Crippen molar-refractivity contribution in [3.8, 4) is 0 Å². The van der Waals surface area contributed by atoms with E-state index < -0.39 is 13.5 Å². The molecule has 1 unspecified atom stereocenters. The second-order valence-corrected chi connectivity index (χ2v) is 8.66. The number of carbonyl (C=O) groups is 2. The van der Waals surface area contributed by atoms with Gasteiger partial charge in [-0.05, 0) is 31.1 Å². The third-order valence-corrected chi connectivity index (χ3v) is 4.68. The molecule has 0 aromatic carbocycles. The summed E-state index contributed by atoms with van der Waals surface area (Å²) in [5.74, 6) is -0.171. The Balaban J connectivity index is 4.29. The normalized spacial score (nSPS) is 13.4. The molecule has 0 spiro atoms. The van der Waals surface area contributed by atoms with Crippen molar-refractivity contribution in [2.24, 2.45) is 17.8 Å². The van der Waals surface area contributed by atoms with Gasteiger partial charge >= 0.3 is 7.60 Å². The van der Waals surface area contributed by atoms with Gasteiger partial charge in [-0.25, -0.2) is 0 Å². The molecule has 0 aromatic heterocycles. The molecule has 3 N–H and O–H groups in total. The van der Waals surface area contributed by atoms with E-state index in [0.717, 1.165) is 12.8 Å². The Hall–Kier alpha value is -0.710. The summed E-state index contributed by atoms with van der Waals surface area (Å²) in [5, 5.41) is 2.81. The van der Waals surface area contributed by atoms with Crippen LogP contribution in [0.2, 0.25) is 0 Å². The van der Waals surface area contributed by atoms with Gasteiger partial charge in [-0.15, -0.1) is 0 Å². The van der Waals surface area contributed by atoms with Gasteiger partial charge in [0, 0.05) is 25.3 Å². The van der Waals surface area contributed by atoms with Crippen LogP contribution in [0.3, 0.4) is 0 Å². The van der Waals surface area contributed by atoms with Gasteiger partial charge in [0.1, 0.15) is 5.78 Å². The van der Waals surface area contributed by atoms with Crippen molar-refractivity contribution in [1.82, 2.24) is 5.32 Å². The van der Waals surface area contributed by atoms with Crippen molar-refractivity contribution in [3.63, 3.8) is 0 Å². The van der Waals surface area contributed by atoms with E-state index in [-0.39, 0.29) is 36.6 Å². The predicted molar refractivity (Wildman–Crippen MR) is 91.2 cm³/mol. The number of nitrogens with one attached hydrogen (secondary N) is 1. The minimum Gasteiger partial charge on any atom is -0.356 e. The molecule has 0 heterocycles. The maximum atomic E-state index is 11.8. The molecule has 0 rings (SSSR count). The quantitative estimate of drug-likeness (QED) is 0.371. The van der Waals surface area contributed by atoms with Gasteiger partial charge in [0.05, 0.1) is 6.16 Å². The number of rotatable bonds is 12. The Labute approximate surface area is 139 Å². The number of ketones is 1. The zero-order valence-corrected chi connectivity index (χ0v) is 15.6. The van der Waals surface area contributed by atoms with Crippen LogP contribution in [0.4, 0.5) is 0 Å². The number of Topliss-reactive ketones (excluding diaryl/α,β-unsaturated/α-hetero) is 1. The average molecular weight is 349 g/mol. The largest absolute Gasteiger partial charge is 0.356 e. The second kappa shape index (κ2) is 11.0.